The Morgan fingerprint density at radius 2 is 1.06 bits per heavy atom. The molecular formula is C46H76O14P2. The maximum Gasteiger partial charge on any atom is 0.472 e. The number of phosphoric ester groups is 2. The smallest absolute Gasteiger partial charge is 0.462 e. The summed E-state index contributed by atoms with van der Waals surface area (Å²) in [5.41, 5.74) is 0. The van der Waals surface area contributed by atoms with Crippen molar-refractivity contribution in [2.75, 3.05) is 26.4 Å². The normalized spacial score (nSPS) is 15.4. The van der Waals surface area contributed by atoms with Crippen LogP contribution in [0.4, 0.5) is 0 Å². The van der Waals surface area contributed by atoms with E-state index in [-0.39, 0.29) is 19.3 Å². The summed E-state index contributed by atoms with van der Waals surface area (Å²) < 4.78 is 47.6. The summed E-state index contributed by atoms with van der Waals surface area (Å²) in [6, 6.07) is 0. The number of hydrogen-bond acceptors (Lipinski definition) is 11. The highest BCUT2D eigenvalue weighted by molar-refractivity contribution is 7.47. The van der Waals surface area contributed by atoms with Crippen molar-refractivity contribution >= 4 is 27.6 Å². The van der Waals surface area contributed by atoms with E-state index in [2.05, 4.69) is 89.7 Å². The van der Waals surface area contributed by atoms with Gasteiger partial charge in [0.25, 0.3) is 0 Å². The van der Waals surface area contributed by atoms with Crippen LogP contribution in [0.3, 0.4) is 0 Å². The first-order valence-corrected chi connectivity index (χ1v) is 25.1. The van der Waals surface area contributed by atoms with Crippen molar-refractivity contribution < 1.29 is 66.7 Å². The van der Waals surface area contributed by atoms with E-state index in [9.17, 15) is 33.8 Å². The standard InChI is InChI=1S/C46H76O14P2/c1-3-5-7-9-11-13-15-17-19-21-22-24-26-28-30-32-34-42(47)36-37-45(49)56-40-44(41-59-62(54,55)58-39-43(48)38-57-61(51,52)53)60-46(50)35-33-31-29-27-25-23-20-18-16-14-12-10-8-6-4-2/h5,7,11,13-14,16-20,22,24,28,30,32,34,42-44,47-48H,3-4,6,8-10,12,15,21,23,25-27,29,31,33,35-41H2,1-2H3,(H,54,55)(H2,51,52,53)/b7-5-,13-11-,16-14-,19-17-,20-18-,24-22-,30-28-,34-32-/t42?,43-,44+/m0/s1. The van der Waals surface area contributed by atoms with E-state index in [0.717, 1.165) is 70.6 Å². The molecule has 0 fully saturated rings. The molecule has 0 amide bonds. The minimum absolute atomic E-state index is 0.0568. The lowest BCUT2D eigenvalue weighted by molar-refractivity contribution is -0.161. The zero-order valence-electron chi connectivity index (χ0n) is 37.0. The van der Waals surface area contributed by atoms with Gasteiger partial charge in [0.15, 0.2) is 6.10 Å². The molecule has 0 spiro atoms. The van der Waals surface area contributed by atoms with Gasteiger partial charge in [0, 0.05) is 12.8 Å². The Kier molecular flexibility index (Phi) is 38.8. The van der Waals surface area contributed by atoms with Gasteiger partial charge in [-0.05, 0) is 70.6 Å². The van der Waals surface area contributed by atoms with Crippen molar-refractivity contribution in [2.45, 2.75) is 154 Å². The lowest BCUT2D eigenvalue weighted by Crippen LogP contribution is -2.30. The van der Waals surface area contributed by atoms with Crippen molar-refractivity contribution in [2.24, 2.45) is 0 Å². The van der Waals surface area contributed by atoms with Gasteiger partial charge in [0.1, 0.15) is 12.7 Å². The zero-order chi connectivity index (χ0) is 46.0. The Morgan fingerprint density at radius 3 is 1.66 bits per heavy atom. The quantitative estimate of drug-likeness (QED) is 0.0127. The number of carbonyl (C=O) groups is 2. The Hall–Kier alpha value is -3.00. The molecule has 0 aliphatic carbocycles. The summed E-state index contributed by atoms with van der Waals surface area (Å²) in [6.07, 6.45) is 44.4. The molecule has 0 aliphatic rings. The minimum Gasteiger partial charge on any atom is -0.462 e. The molecule has 0 radical (unpaired) electrons. The zero-order valence-corrected chi connectivity index (χ0v) is 38.8. The molecular weight excluding hydrogens is 838 g/mol. The van der Waals surface area contributed by atoms with E-state index in [4.69, 9.17) is 23.8 Å². The molecule has 0 rings (SSSR count). The fraction of sp³-hybridized carbons (Fsp3) is 0.609. The fourth-order valence-corrected chi connectivity index (χ4v) is 6.37. The summed E-state index contributed by atoms with van der Waals surface area (Å²) in [4.78, 5) is 52.7. The van der Waals surface area contributed by atoms with Gasteiger partial charge >= 0.3 is 27.6 Å². The van der Waals surface area contributed by atoms with Gasteiger partial charge < -0.3 is 34.4 Å². The second-order valence-corrected chi connectivity index (χ2v) is 17.2. The lowest BCUT2D eigenvalue weighted by Gasteiger charge is -2.20. The van der Waals surface area contributed by atoms with E-state index in [1.807, 2.05) is 12.2 Å². The van der Waals surface area contributed by atoms with Crippen LogP contribution in [-0.4, -0.2) is 81.6 Å². The third kappa shape index (κ3) is 43.6. The monoisotopic (exact) mass is 914 g/mol. The van der Waals surface area contributed by atoms with Crippen LogP contribution in [0.5, 0.6) is 0 Å². The van der Waals surface area contributed by atoms with Crippen molar-refractivity contribution in [3.05, 3.63) is 97.2 Å². The molecule has 354 valence electrons. The molecule has 5 N–H and O–H groups in total. The molecule has 16 heteroatoms. The van der Waals surface area contributed by atoms with Gasteiger partial charge in [-0.2, -0.15) is 0 Å². The molecule has 14 nitrogen and oxygen atoms in total. The molecule has 4 atom stereocenters. The summed E-state index contributed by atoms with van der Waals surface area (Å²) in [7, 11) is -9.77. The molecule has 0 heterocycles. The number of aliphatic hydroxyl groups excluding tert-OH is 2. The summed E-state index contributed by atoms with van der Waals surface area (Å²) in [5, 5.41) is 20.0. The number of rotatable bonds is 40. The van der Waals surface area contributed by atoms with E-state index in [1.54, 1.807) is 18.2 Å². The fourth-order valence-electron chi connectivity index (χ4n) is 5.21. The average molecular weight is 915 g/mol. The number of aliphatic hydroxyl groups is 2. The minimum atomic E-state index is -4.89. The maximum atomic E-state index is 12.7. The highest BCUT2D eigenvalue weighted by atomic mass is 31.2. The third-order valence-electron chi connectivity index (χ3n) is 8.59. The Bertz CT molecular complexity index is 1480. The Labute approximate surface area is 371 Å². The van der Waals surface area contributed by atoms with Gasteiger partial charge in [-0.25, -0.2) is 9.13 Å². The number of unbranched alkanes of at least 4 members (excludes halogenated alkanes) is 9. The summed E-state index contributed by atoms with van der Waals surface area (Å²) in [6.45, 7) is 1.32. The number of carbonyl (C=O) groups excluding carboxylic acids is 2. The van der Waals surface area contributed by atoms with Crippen LogP contribution in [-0.2, 0) is 41.8 Å². The van der Waals surface area contributed by atoms with Gasteiger partial charge in [-0.15, -0.1) is 0 Å². The first kappa shape index (κ1) is 59.0. The first-order valence-electron chi connectivity index (χ1n) is 22.1. The Morgan fingerprint density at radius 1 is 0.548 bits per heavy atom. The second kappa shape index (κ2) is 40.8. The highest BCUT2D eigenvalue weighted by Crippen LogP contribution is 2.43. The van der Waals surface area contributed by atoms with Gasteiger partial charge in [-0.3, -0.25) is 23.2 Å². The highest BCUT2D eigenvalue weighted by Gasteiger charge is 2.28. The SMILES string of the molecule is CC/C=C\C/C=C\C/C=C\C/C=C\C/C=C\C=C/C(O)CCC(=O)OC[C@H](COP(=O)(O)OC[C@@H](O)COP(=O)(O)O)OC(=O)CCCCCCC/C=C\C=C/CCCCCC. The first-order chi connectivity index (χ1) is 29.8. The predicted molar refractivity (Wildman–Crippen MR) is 245 cm³/mol. The predicted octanol–water partition coefficient (Wildman–Crippen LogP) is 10.3. The van der Waals surface area contributed by atoms with Crippen LogP contribution in [0, 0.1) is 0 Å². The van der Waals surface area contributed by atoms with Crippen LogP contribution < -0.4 is 0 Å². The molecule has 0 saturated heterocycles. The Balaban J connectivity index is 4.78. The van der Waals surface area contributed by atoms with E-state index in [1.165, 1.54) is 25.7 Å². The molecule has 0 aliphatic heterocycles. The maximum absolute atomic E-state index is 12.7. The summed E-state index contributed by atoms with van der Waals surface area (Å²) in [5.74, 6) is -1.34. The molecule has 0 bridgehead atoms. The van der Waals surface area contributed by atoms with E-state index < -0.39 is 72.3 Å². The number of phosphoric acid groups is 2. The van der Waals surface area contributed by atoms with Crippen molar-refractivity contribution in [1.82, 2.24) is 0 Å². The van der Waals surface area contributed by atoms with Crippen molar-refractivity contribution in [3.8, 4) is 0 Å². The molecule has 0 aromatic carbocycles. The molecule has 2 unspecified atom stereocenters. The van der Waals surface area contributed by atoms with Crippen LogP contribution in [0.15, 0.2) is 97.2 Å². The largest absolute Gasteiger partial charge is 0.472 e. The molecule has 0 aromatic heterocycles. The van der Waals surface area contributed by atoms with Gasteiger partial charge in [-0.1, -0.05) is 150 Å². The molecule has 62 heavy (non-hydrogen) atoms. The number of allylic oxidation sites excluding steroid dienone is 15. The van der Waals surface area contributed by atoms with Crippen molar-refractivity contribution in [1.29, 1.82) is 0 Å². The van der Waals surface area contributed by atoms with Crippen LogP contribution >= 0.6 is 15.6 Å². The topological polar surface area (TPSA) is 216 Å². The third-order valence-corrected chi connectivity index (χ3v) is 10.0. The van der Waals surface area contributed by atoms with Gasteiger partial charge in [0.2, 0.25) is 0 Å². The van der Waals surface area contributed by atoms with Gasteiger partial charge in [0.05, 0.1) is 25.9 Å². The number of esters is 2. The van der Waals surface area contributed by atoms with Crippen LogP contribution in [0.25, 0.3) is 0 Å². The molecule has 0 saturated carbocycles. The number of hydrogen-bond donors (Lipinski definition) is 5. The lowest BCUT2D eigenvalue weighted by atomic mass is 10.1. The van der Waals surface area contributed by atoms with Crippen LogP contribution in [0.2, 0.25) is 0 Å². The van der Waals surface area contributed by atoms with E-state index >= 15 is 0 Å². The summed E-state index contributed by atoms with van der Waals surface area (Å²) >= 11 is 0. The second-order valence-electron chi connectivity index (χ2n) is 14.5. The van der Waals surface area contributed by atoms with Crippen molar-refractivity contribution in [3.63, 3.8) is 0 Å². The number of ether oxygens (including phenoxy) is 2. The molecule has 0 aromatic rings. The average Bonchev–Trinajstić information content (AvgIpc) is 3.23. The van der Waals surface area contributed by atoms with E-state index in [0.29, 0.717) is 6.42 Å². The van der Waals surface area contributed by atoms with Crippen LogP contribution in [0.1, 0.15) is 136 Å².